The number of anilines is 1. The summed E-state index contributed by atoms with van der Waals surface area (Å²) in [7, 11) is 0. The van der Waals surface area contributed by atoms with Gasteiger partial charge in [0.05, 0.1) is 5.56 Å². The predicted octanol–water partition coefficient (Wildman–Crippen LogP) is 7.64. The first-order valence-electron chi connectivity index (χ1n) is 13.5. The summed E-state index contributed by atoms with van der Waals surface area (Å²) in [4.78, 5) is 26.8. The molecule has 3 aromatic rings. The highest BCUT2D eigenvalue weighted by Crippen LogP contribution is 2.32. The van der Waals surface area contributed by atoms with Crippen LogP contribution in [0.3, 0.4) is 0 Å². The first-order valence-corrected chi connectivity index (χ1v) is 14.2. The van der Waals surface area contributed by atoms with Crippen LogP contribution in [0.25, 0.3) is 0 Å². The molecule has 1 heterocycles. The van der Waals surface area contributed by atoms with Crippen molar-refractivity contribution in [1.82, 2.24) is 4.90 Å². The number of benzene rings is 3. The molecular weight excluding hydrogens is 540 g/mol. The number of nitrogens with zero attached hydrogens (tertiary/aromatic N) is 1. The molecule has 38 heavy (non-hydrogen) atoms. The Kier molecular flexibility index (Phi) is 9.75. The smallest absolute Gasteiger partial charge is 0.226 e. The van der Waals surface area contributed by atoms with Crippen LogP contribution < -0.4 is 10.1 Å². The summed E-state index contributed by atoms with van der Waals surface area (Å²) in [6, 6.07) is 24.0. The minimum absolute atomic E-state index is 0.00469. The van der Waals surface area contributed by atoms with E-state index >= 15 is 0 Å². The van der Waals surface area contributed by atoms with Crippen LogP contribution in [0.1, 0.15) is 73.5 Å². The Bertz CT molecular complexity index is 1230. The molecule has 1 N–H and O–H groups in total. The molecule has 5 nitrogen and oxygen atoms in total. The molecular formula is C32H37BrN2O3. The number of carbonyl (C=O) groups excluding carboxylic acids is 2. The third kappa shape index (κ3) is 7.55. The van der Waals surface area contributed by atoms with E-state index in [2.05, 4.69) is 50.4 Å². The highest BCUT2D eigenvalue weighted by atomic mass is 79.9. The molecule has 1 unspecified atom stereocenters. The third-order valence-electron chi connectivity index (χ3n) is 7.22. The van der Waals surface area contributed by atoms with Gasteiger partial charge in [0.1, 0.15) is 11.9 Å². The molecule has 1 aliphatic rings. The van der Waals surface area contributed by atoms with Gasteiger partial charge < -0.3 is 15.0 Å². The van der Waals surface area contributed by atoms with Crippen LogP contribution in [-0.2, 0) is 4.79 Å². The fraction of sp³-hybridized carbons (Fsp3) is 0.375. The molecule has 4 rings (SSSR count). The number of amides is 1. The van der Waals surface area contributed by atoms with Crippen molar-refractivity contribution in [2.75, 3.05) is 25.0 Å². The molecule has 0 spiro atoms. The summed E-state index contributed by atoms with van der Waals surface area (Å²) in [6.07, 6.45) is 2.84. The molecule has 200 valence electrons. The van der Waals surface area contributed by atoms with Crippen molar-refractivity contribution in [1.29, 1.82) is 0 Å². The van der Waals surface area contributed by atoms with Gasteiger partial charge in [0.2, 0.25) is 5.91 Å². The molecule has 0 aromatic heterocycles. The summed E-state index contributed by atoms with van der Waals surface area (Å²) in [5, 5.41) is 3.02. The van der Waals surface area contributed by atoms with Gasteiger partial charge >= 0.3 is 0 Å². The normalized spacial score (nSPS) is 15.3. The average Bonchev–Trinajstić information content (AvgIpc) is 2.92. The number of piperidine rings is 1. The van der Waals surface area contributed by atoms with Crippen LogP contribution in [0.5, 0.6) is 5.75 Å². The Hall–Kier alpha value is -2.96. The van der Waals surface area contributed by atoms with Gasteiger partial charge in [0.15, 0.2) is 5.78 Å². The summed E-state index contributed by atoms with van der Waals surface area (Å²) < 4.78 is 7.51. The van der Waals surface area contributed by atoms with E-state index in [4.69, 9.17) is 4.74 Å². The monoisotopic (exact) mass is 576 g/mol. The second kappa shape index (κ2) is 13.2. The van der Waals surface area contributed by atoms with Gasteiger partial charge in [-0.2, -0.15) is 0 Å². The topological polar surface area (TPSA) is 58.6 Å². The highest BCUT2D eigenvalue weighted by Gasteiger charge is 2.23. The van der Waals surface area contributed by atoms with Crippen molar-refractivity contribution >= 4 is 33.3 Å². The number of hydrogen-bond donors (Lipinski definition) is 1. The summed E-state index contributed by atoms with van der Waals surface area (Å²) in [5.74, 6) is 1.14. The van der Waals surface area contributed by atoms with E-state index in [1.165, 1.54) is 5.56 Å². The Morgan fingerprint density at radius 1 is 1.00 bits per heavy atom. The highest BCUT2D eigenvalue weighted by molar-refractivity contribution is 9.10. The third-order valence-corrected chi connectivity index (χ3v) is 7.75. The molecule has 6 heteroatoms. The van der Waals surface area contributed by atoms with Crippen molar-refractivity contribution in [3.8, 4) is 5.75 Å². The van der Waals surface area contributed by atoms with Crippen LogP contribution in [0.15, 0.2) is 77.3 Å². The number of hydrogen-bond acceptors (Lipinski definition) is 4. The van der Waals surface area contributed by atoms with E-state index < -0.39 is 0 Å². The lowest BCUT2D eigenvalue weighted by Gasteiger charge is -2.33. The quantitative estimate of drug-likeness (QED) is 0.252. The molecule has 0 saturated carbocycles. The number of nitrogens with one attached hydrogen (secondary N) is 1. The van der Waals surface area contributed by atoms with Crippen LogP contribution >= 0.6 is 15.9 Å². The van der Waals surface area contributed by atoms with Crippen molar-refractivity contribution < 1.29 is 14.3 Å². The van der Waals surface area contributed by atoms with Crippen molar-refractivity contribution in [3.05, 3.63) is 94.0 Å². The first-order chi connectivity index (χ1) is 18.3. The van der Waals surface area contributed by atoms with Gasteiger partial charge in [-0.25, -0.2) is 0 Å². The van der Waals surface area contributed by atoms with E-state index in [1.54, 1.807) is 6.92 Å². The predicted molar refractivity (Wildman–Crippen MR) is 157 cm³/mol. The lowest BCUT2D eigenvalue weighted by atomic mass is 9.89. The van der Waals surface area contributed by atoms with Crippen LogP contribution in [0.4, 0.5) is 5.69 Å². The molecule has 1 amide bonds. The van der Waals surface area contributed by atoms with Gasteiger partial charge in [-0.05, 0) is 86.3 Å². The van der Waals surface area contributed by atoms with E-state index in [0.29, 0.717) is 17.2 Å². The fourth-order valence-electron chi connectivity index (χ4n) is 4.93. The van der Waals surface area contributed by atoms with E-state index in [9.17, 15) is 9.59 Å². The number of likely N-dealkylation sites (tertiary alicyclic amines) is 1. The molecule has 0 bridgehead atoms. The molecule has 1 fully saturated rings. The number of carbonyl (C=O) groups is 2. The molecule has 0 aliphatic carbocycles. The largest absolute Gasteiger partial charge is 0.485 e. The minimum Gasteiger partial charge on any atom is -0.485 e. The zero-order chi connectivity index (χ0) is 27.1. The number of rotatable bonds is 10. The van der Waals surface area contributed by atoms with Crippen molar-refractivity contribution in [2.45, 2.75) is 52.1 Å². The van der Waals surface area contributed by atoms with Gasteiger partial charge in [0.25, 0.3) is 0 Å². The van der Waals surface area contributed by atoms with E-state index in [0.717, 1.165) is 54.6 Å². The van der Waals surface area contributed by atoms with Gasteiger partial charge in [-0.1, -0.05) is 66.2 Å². The van der Waals surface area contributed by atoms with E-state index in [1.807, 2.05) is 62.4 Å². The number of ketones is 1. The average molecular weight is 578 g/mol. The maximum absolute atomic E-state index is 12.2. The second-order valence-electron chi connectivity index (χ2n) is 10.4. The zero-order valence-corrected chi connectivity index (χ0v) is 24.0. The summed E-state index contributed by atoms with van der Waals surface area (Å²) >= 11 is 3.53. The SMILES string of the molecule is CC(=O)c1ccccc1OC(CCN1CCC(c2cccc(NC(=O)C(C)C)c2)CC1)c1ccc(Br)cc1. The number of Topliss-reactive ketones (excluding diaryl/α,β-unsaturated/α-hetero) is 1. The van der Waals surface area contributed by atoms with Crippen molar-refractivity contribution in [2.24, 2.45) is 5.92 Å². The number of halogens is 1. The summed E-state index contributed by atoms with van der Waals surface area (Å²) in [5.41, 5.74) is 3.89. The summed E-state index contributed by atoms with van der Waals surface area (Å²) in [6.45, 7) is 8.34. The second-order valence-corrected chi connectivity index (χ2v) is 11.3. The van der Waals surface area contributed by atoms with Crippen LogP contribution in [0, 0.1) is 5.92 Å². The lowest BCUT2D eigenvalue weighted by Crippen LogP contribution is -2.34. The van der Waals surface area contributed by atoms with E-state index in [-0.39, 0.29) is 23.7 Å². The lowest BCUT2D eigenvalue weighted by molar-refractivity contribution is -0.118. The number of para-hydroxylation sites is 1. The number of ether oxygens (including phenoxy) is 1. The molecule has 1 atom stereocenters. The minimum atomic E-state index is -0.150. The molecule has 1 saturated heterocycles. The Morgan fingerprint density at radius 2 is 1.71 bits per heavy atom. The Morgan fingerprint density at radius 3 is 2.39 bits per heavy atom. The Labute approximate surface area is 234 Å². The van der Waals surface area contributed by atoms with Crippen LogP contribution in [0.2, 0.25) is 0 Å². The molecule has 1 aliphatic heterocycles. The standard InChI is InChI=1S/C32H37BrN2O3/c1-22(2)32(37)34-28-8-6-7-26(21-28)24-15-18-35(19-16-24)20-17-30(25-11-13-27(33)14-12-25)38-31-10-5-4-9-29(31)23(3)36/h4-14,21-22,24,30H,15-20H2,1-3H3,(H,34,37). The van der Waals surface area contributed by atoms with Gasteiger partial charge in [-0.3, -0.25) is 9.59 Å². The van der Waals surface area contributed by atoms with Gasteiger partial charge in [0, 0.05) is 29.0 Å². The van der Waals surface area contributed by atoms with Crippen LogP contribution in [-0.4, -0.2) is 36.2 Å². The molecule has 0 radical (unpaired) electrons. The van der Waals surface area contributed by atoms with Gasteiger partial charge in [-0.15, -0.1) is 0 Å². The fourth-order valence-corrected chi connectivity index (χ4v) is 5.20. The maximum atomic E-state index is 12.2. The van der Waals surface area contributed by atoms with Crippen molar-refractivity contribution in [3.63, 3.8) is 0 Å². The zero-order valence-electron chi connectivity index (χ0n) is 22.5. The maximum Gasteiger partial charge on any atom is 0.226 e. The molecule has 3 aromatic carbocycles. The Balaban J connectivity index is 1.38. The first kappa shape index (κ1) is 28.1.